The van der Waals surface area contributed by atoms with Gasteiger partial charge in [-0.15, -0.1) is 0 Å². The summed E-state index contributed by atoms with van der Waals surface area (Å²) in [4.78, 5) is 12.4. The quantitative estimate of drug-likeness (QED) is 0.860. The molecule has 25 heavy (non-hydrogen) atoms. The normalized spacial score (nSPS) is 11.2. The van der Waals surface area contributed by atoms with Gasteiger partial charge in [0.25, 0.3) is 0 Å². The van der Waals surface area contributed by atoms with Gasteiger partial charge in [0, 0.05) is 5.69 Å². The molecule has 1 N–H and O–H groups in total. The van der Waals surface area contributed by atoms with Gasteiger partial charge in [-0.25, -0.2) is 8.42 Å². The van der Waals surface area contributed by atoms with E-state index in [1.807, 2.05) is 51.1 Å². The average molecular weight is 360 g/mol. The molecule has 2 aromatic carbocycles. The third-order valence-corrected chi connectivity index (χ3v) is 4.97. The van der Waals surface area contributed by atoms with Crippen molar-refractivity contribution in [2.75, 3.05) is 22.4 Å². The molecule has 0 aliphatic carbocycles. The van der Waals surface area contributed by atoms with E-state index in [-0.39, 0.29) is 12.5 Å². The predicted molar refractivity (Wildman–Crippen MR) is 103 cm³/mol. The van der Waals surface area contributed by atoms with Crippen LogP contribution in [0.4, 0.5) is 11.4 Å². The zero-order valence-electron chi connectivity index (χ0n) is 15.0. The molecule has 0 saturated carbocycles. The Kier molecular flexibility index (Phi) is 5.85. The fraction of sp³-hybridized carbons (Fsp3) is 0.316. The van der Waals surface area contributed by atoms with E-state index < -0.39 is 10.0 Å². The number of benzene rings is 2. The summed E-state index contributed by atoms with van der Waals surface area (Å²) in [6.45, 7) is 5.65. The van der Waals surface area contributed by atoms with Gasteiger partial charge >= 0.3 is 0 Å². The largest absolute Gasteiger partial charge is 0.324 e. The second-order valence-electron chi connectivity index (χ2n) is 6.21. The highest BCUT2D eigenvalue weighted by Crippen LogP contribution is 2.19. The van der Waals surface area contributed by atoms with Crippen LogP contribution in [0.5, 0.6) is 0 Å². The Balaban J connectivity index is 2.20. The number of anilines is 2. The second kappa shape index (κ2) is 7.70. The molecule has 1 amide bonds. The maximum Gasteiger partial charge on any atom is 0.245 e. The van der Waals surface area contributed by atoms with Crippen LogP contribution in [-0.4, -0.2) is 27.1 Å². The van der Waals surface area contributed by atoms with Crippen LogP contribution in [0.2, 0.25) is 0 Å². The SMILES string of the molecule is CCc1ccc(N(CC(=O)Nc2cc(C)cc(C)c2)S(C)(=O)=O)cc1. The molecule has 0 atom stereocenters. The van der Waals surface area contributed by atoms with Gasteiger partial charge in [-0.1, -0.05) is 25.1 Å². The van der Waals surface area contributed by atoms with Crippen LogP contribution in [0.3, 0.4) is 0 Å². The van der Waals surface area contributed by atoms with Crippen molar-refractivity contribution in [2.24, 2.45) is 0 Å². The molecule has 134 valence electrons. The van der Waals surface area contributed by atoms with Crippen molar-refractivity contribution in [3.8, 4) is 0 Å². The molecule has 5 nitrogen and oxygen atoms in total. The van der Waals surface area contributed by atoms with E-state index in [1.165, 1.54) is 0 Å². The number of rotatable bonds is 6. The van der Waals surface area contributed by atoms with Crippen molar-refractivity contribution < 1.29 is 13.2 Å². The Morgan fingerprint density at radius 3 is 2.08 bits per heavy atom. The van der Waals surface area contributed by atoms with Crippen molar-refractivity contribution in [1.82, 2.24) is 0 Å². The molecule has 2 aromatic rings. The van der Waals surface area contributed by atoms with Gasteiger partial charge in [0.15, 0.2) is 0 Å². The minimum absolute atomic E-state index is 0.267. The molecule has 0 aromatic heterocycles. The smallest absolute Gasteiger partial charge is 0.245 e. The van der Waals surface area contributed by atoms with Crippen molar-refractivity contribution in [1.29, 1.82) is 0 Å². The van der Waals surface area contributed by atoms with Crippen molar-refractivity contribution in [2.45, 2.75) is 27.2 Å². The highest BCUT2D eigenvalue weighted by molar-refractivity contribution is 7.92. The number of sulfonamides is 1. The van der Waals surface area contributed by atoms with Gasteiger partial charge in [-0.05, 0) is 61.2 Å². The first-order valence-corrected chi connectivity index (χ1v) is 9.98. The first-order chi connectivity index (χ1) is 11.7. The number of hydrogen-bond donors (Lipinski definition) is 1. The molecule has 0 aliphatic heterocycles. The van der Waals surface area contributed by atoms with E-state index >= 15 is 0 Å². The van der Waals surface area contributed by atoms with Crippen LogP contribution in [0.1, 0.15) is 23.6 Å². The molecular formula is C19H24N2O3S. The maximum atomic E-state index is 12.4. The van der Waals surface area contributed by atoms with Crippen LogP contribution in [0.15, 0.2) is 42.5 Å². The standard InChI is InChI=1S/C19H24N2O3S/c1-5-16-6-8-18(9-7-16)21(25(4,23)24)13-19(22)20-17-11-14(2)10-15(3)12-17/h6-12H,5,13H2,1-4H3,(H,20,22). The fourth-order valence-corrected chi connectivity index (χ4v) is 3.53. The van der Waals surface area contributed by atoms with Crippen LogP contribution in [-0.2, 0) is 21.2 Å². The molecular weight excluding hydrogens is 336 g/mol. The van der Waals surface area contributed by atoms with Crippen molar-refractivity contribution >= 4 is 27.3 Å². The third-order valence-electron chi connectivity index (χ3n) is 3.83. The highest BCUT2D eigenvalue weighted by Gasteiger charge is 2.21. The van der Waals surface area contributed by atoms with Gasteiger partial charge in [-0.2, -0.15) is 0 Å². The van der Waals surface area contributed by atoms with Crippen LogP contribution in [0.25, 0.3) is 0 Å². The van der Waals surface area contributed by atoms with E-state index in [4.69, 9.17) is 0 Å². The molecule has 0 unspecified atom stereocenters. The molecule has 0 aliphatic rings. The molecule has 0 spiro atoms. The summed E-state index contributed by atoms with van der Waals surface area (Å²) in [5.41, 5.74) is 4.32. The third kappa shape index (κ3) is 5.32. The number of carbonyl (C=O) groups excluding carboxylic acids is 1. The lowest BCUT2D eigenvalue weighted by molar-refractivity contribution is -0.114. The second-order valence-corrected chi connectivity index (χ2v) is 8.12. The van der Waals surface area contributed by atoms with E-state index in [0.717, 1.165) is 33.7 Å². The van der Waals surface area contributed by atoms with E-state index in [1.54, 1.807) is 12.1 Å². The van der Waals surface area contributed by atoms with Crippen LogP contribution in [0, 0.1) is 13.8 Å². The Labute approximate surface area is 149 Å². The summed E-state index contributed by atoms with van der Waals surface area (Å²) < 4.78 is 25.4. The average Bonchev–Trinajstić information content (AvgIpc) is 2.50. The molecule has 6 heteroatoms. The zero-order valence-corrected chi connectivity index (χ0v) is 15.9. The Bertz CT molecular complexity index is 838. The fourth-order valence-electron chi connectivity index (χ4n) is 2.68. The Hall–Kier alpha value is -2.34. The van der Waals surface area contributed by atoms with E-state index in [9.17, 15) is 13.2 Å². The molecule has 0 bridgehead atoms. The summed E-state index contributed by atoms with van der Waals surface area (Å²) in [5, 5.41) is 2.77. The van der Waals surface area contributed by atoms with Crippen molar-refractivity contribution in [3.63, 3.8) is 0 Å². The first kappa shape index (κ1) is 19.0. The topological polar surface area (TPSA) is 66.5 Å². The molecule has 2 rings (SSSR count). The highest BCUT2D eigenvalue weighted by atomic mass is 32.2. The monoisotopic (exact) mass is 360 g/mol. The summed E-state index contributed by atoms with van der Waals surface area (Å²) in [6.07, 6.45) is 1.97. The van der Waals surface area contributed by atoms with E-state index in [0.29, 0.717) is 11.4 Å². The van der Waals surface area contributed by atoms with Gasteiger partial charge in [-0.3, -0.25) is 9.10 Å². The summed E-state index contributed by atoms with van der Waals surface area (Å²) >= 11 is 0. The van der Waals surface area contributed by atoms with E-state index in [2.05, 4.69) is 5.32 Å². The summed E-state index contributed by atoms with van der Waals surface area (Å²) in [5.74, 6) is -0.380. The molecule has 0 radical (unpaired) electrons. The number of nitrogens with one attached hydrogen (secondary N) is 1. The predicted octanol–water partition coefficient (Wildman–Crippen LogP) is 3.27. The minimum Gasteiger partial charge on any atom is -0.324 e. The van der Waals surface area contributed by atoms with Gasteiger partial charge in [0.2, 0.25) is 15.9 Å². The van der Waals surface area contributed by atoms with Gasteiger partial charge < -0.3 is 5.32 Å². The summed E-state index contributed by atoms with van der Waals surface area (Å²) in [6, 6.07) is 12.9. The number of amides is 1. The Morgan fingerprint density at radius 2 is 1.60 bits per heavy atom. The molecule has 0 fully saturated rings. The minimum atomic E-state index is -3.57. The van der Waals surface area contributed by atoms with Crippen molar-refractivity contribution in [3.05, 3.63) is 59.2 Å². The van der Waals surface area contributed by atoms with Crippen LogP contribution >= 0.6 is 0 Å². The number of aryl methyl sites for hydroxylation is 3. The summed E-state index contributed by atoms with van der Waals surface area (Å²) in [7, 11) is -3.57. The van der Waals surface area contributed by atoms with Crippen LogP contribution < -0.4 is 9.62 Å². The molecule has 0 heterocycles. The van der Waals surface area contributed by atoms with Gasteiger partial charge in [0.1, 0.15) is 6.54 Å². The molecule has 0 saturated heterocycles. The lowest BCUT2D eigenvalue weighted by Gasteiger charge is -2.22. The lowest BCUT2D eigenvalue weighted by atomic mass is 10.1. The van der Waals surface area contributed by atoms with Gasteiger partial charge in [0.05, 0.1) is 11.9 Å². The number of carbonyl (C=O) groups is 1. The maximum absolute atomic E-state index is 12.4. The lowest BCUT2D eigenvalue weighted by Crippen LogP contribution is -2.37. The number of nitrogens with zero attached hydrogens (tertiary/aromatic N) is 1. The Morgan fingerprint density at radius 1 is 1.04 bits per heavy atom. The number of hydrogen-bond acceptors (Lipinski definition) is 3. The zero-order chi connectivity index (χ0) is 18.6. The first-order valence-electron chi connectivity index (χ1n) is 8.14.